The fourth-order valence-corrected chi connectivity index (χ4v) is 3.72. The first kappa shape index (κ1) is 14.7. The van der Waals surface area contributed by atoms with Gasteiger partial charge in [0.1, 0.15) is 0 Å². The van der Waals surface area contributed by atoms with E-state index in [1.165, 1.54) is 12.8 Å². The Morgan fingerprint density at radius 3 is 3.00 bits per heavy atom. The van der Waals surface area contributed by atoms with Crippen LogP contribution in [-0.4, -0.2) is 34.5 Å². The molecule has 1 saturated heterocycles. The van der Waals surface area contributed by atoms with Crippen LogP contribution in [0.3, 0.4) is 0 Å². The van der Waals surface area contributed by atoms with E-state index in [2.05, 4.69) is 23.4 Å². The van der Waals surface area contributed by atoms with E-state index in [9.17, 15) is 0 Å². The molecule has 0 aliphatic carbocycles. The predicted molar refractivity (Wildman–Crippen MR) is 94.1 cm³/mol. The third-order valence-electron chi connectivity index (χ3n) is 5.07. The van der Waals surface area contributed by atoms with Crippen LogP contribution < -0.4 is 14.8 Å². The summed E-state index contributed by atoms with van der Waals surface area (Å²) in [5.41, 5.74) is 5.23. The second-order valence-electron chi connectivity index (χ2n) is 6.73. The molecule has 1 N–H and O–H groups in total. The van der Waals surface area contributed by atoms with Gasteiger partial charge in [0.05, 0.1) is 6.20 Å². The minimum atomic E-state index is 0.281. The Balaban J connectivity index is 1.62. The van der Waals surface area contributed by atoms with Crippen molar-refractivity contribution in [2.75, 3.05) is 19.9 Å². The first-order chi connectivity index (χ1) is 12.3. The van der Waals surface area contributed by atoms with Crippen molar-refractivity contribution in [2.24, 2.45) is 0 Å². The quantitative estimate of drug-likeness (QED) is 0.780. The Hall–Kier alpha value is -2.60. The van der Waals surface area contributed by atoms with Crippen molar-refractivity contribution in [3.63, 3.8) is 0 Å². The molecule has 2 aromatic heterocycles. The minimum Gasteiger partial charge on any atom is -0.454 e. The lowest BCUT2D eigenvalue weighted by Gasteiger charge is -2.22. The highest BCUT2D eigenvalue weighted by molar-refractivity contribution is 5.79. The molecule has 1 fully saturated rings. The van der Waals surface area contributed by atoms with Crippen LogP contribution in [0.2, 0.25) is 0 Å². The van der Waals surface area contributed by atoms with Gasteiger partial charge >= 0.3 is 0 Å². The maximum Gasteiger partial charge on any atom is 0.231 e. The van der Waals surface area contributed by atoms with Crippen LogP contribution >= 0.6 is 0 Å². The van der Waals surface area contributed by atoms with Crippen LogP contribution in [0.4, 0.5) is 0 Å². The van der Waals surface area contributed by atoms with E-state index < -0.39 is 0 Å². The van der Waals surface area contributed by atoms with Crippen LogP contribution in [-0.2, 0) is 0 Å². The number of ether oxygens (including phenoxy) is 2. The molecule has 1 atom stereocenters. The third-order valence-corrected chi connectivity index (χ3v) is 5.07. The fraction of sp³-hybridized carbons (Fsp3) is 0.368. The Labute approximate surface area is 145 Å². The fourth-order valence-electron chi connectivity index (χ4n) is 3.72. The highest BCUT2D eigenvalue weighted by Crippen LogP contribution is 2.37. The van der Waals surface area contributed by atoms with Gasteiger partial charge in [0.25, 0.3) is 0 Å². The van der Waals surface area contributed by atoms with Crippen LogP contribution in [0.25, 0.3) is 16.8 Å². The van der Waals surface area contributed by atoms with Gasteiger partial charge in [-0.05, 0) is 50.1 Å². The number of nitrogens with one attached hydrogen (secondary N) is 1. The molecule has 0 bridgehead atoms. The van der Waals surface area contributed by atoms with Gasteiger partial charge in [0, 0.05) is 29.4 Å². The largest absolute Gasteiger partial charge is 0.454 e. The van der Waals surface area contributed by atoms with Crippen molar-refractivity contribution >= 4 is 5.65 Å². The molecule has 25 heavy (non-hydrogen) atoms. The van der Waals surface area contributed by atoms with E-state index in [0.29, 0.717) is 5.92 Å². The van der Waals surface area contributed by atoms with Crippen molar-refractivity contribution in [3.05, 3.63) is 41.9 Å². The number of piperidine rings is 1. The first-order valence-corrected chi connectivity index (χ1v) is 8.75. The zero-order valence-electron chi connectivity index (χ0n) is 14.2. The Morgan fingerprint density at radius 1 is 1.20 bits per heavy atom. The normalized spacial score (nSPS) is 19.5. The monoisotopic (exact) mass is 336 g/mol. The summed E-state index contributed by atoms with van der Waals surface area (Å²) in [5.74, 6) is 2.04. The summed E-state index contributed by atoms with van der Waals surface area (Å²) >= 11 is 0. The molecule has 1 aromatic carbocycles. The summed E-state index contributed by atoms with van der Waals surface area (Å²) in [6.45, 7) is 4.47. The molecule has 4 heterocycles. The number of benzene rings is 1. The lowest BCUT2D eigenvalue weighted by molar-refractivity contribution is 0.174. The second kappa shape index (κ2) is 5.74. The SMILES string of the molecule is Cc1cc(C2CCCNC2)nc2c(-c3ccc4c(c3)OCO4)cnn12. The molecule has 6 nitrogen and oxygen atoms in total. The molecule has 6 heteroatoms. The van der Waals surface area contributed by atoms with Crippen molar-refractivity contribution in [1.82, 2.24) is 19.9 Å². The van der Waals surface area contributed by atoms with Crippen molar-refractivity contribution in [3.8, 4) is 22.6 Å². The minimum absolute atomic E-state index is 0.281. The smallest absolute Gasteiger partial charge is 0.231 e. The highest BCUT2D eigenvalue weighted by atomic mass is 16.7. The van der Waals surface area contributed by atoms with Crippen molar-refractivity contribution < 1.29 is 9.47 Å². The summed E-state index contributed by atoms with van der Waals surface area (Å²) < 4.78 is 12.8. The molecule has 0 amide bonds. The van der Waals surface area contributed by atoms with Gasteiger partial charge in [-0.3, -0.25) is 0 Å². The second-order valence-corrected chi connectivity index (χ2v) is 6.73. The van der Waals surface area contributed by atoms with Crippen LogP contribution in [0.1, 0.15) is 30.1 Å². The molecule has 1 unspecified atom stereocenters. The highest BCUT2D eigenvalue weighted by Gasteiger charge is 2.20. The van der Waals surface area contributed by atoms with E-state index in [0.717, 1.165) is 52.8 Å². The van der Waals surface area contributed by atoms with Gasteiger partial charge in [-0.2, -0.15) is 5.10 Å². The molecular weight excluding hydrogens is 316 g/mol. The van der Waals surface area contributed by atoms with E-state index in [4.69, 9.17) is 14.5 Å². The van der Waals surface area contributed by atoms with Gasteiger partial charge in [0.2, 0.25) is 6.79 Å². The predicted octanol–water partition coefficient (Wildman–Crippen LogP) is 2.90. The van der Waals surface area contributed by atoms with E-state index in [-0.39, 0.29) is 6.79 Å². The van der Waals surface area contributed by atoms with Crippen molar-refractivity contribution in [2.45, 2.75) is 25.7 Å². The Kier molecular flexibility index (Phi) is 3.38. The molecule has 0 saturated carbocycles. The number of rotatable bonds is 2. The summed E-state index contributed by atoms with van der Waals surface area (Å²) in [7, 11) is 0. The van der Waals surface area contributed by atoms with Crippen LogP contribution in [0, 0.1) is 6.92 Å². The molecule has 5 rings (SSSR count). The van der Waals surface area contributed by atoms with Crippen LogP contribution in [0.5, 0.6) is 11.5 Å². The summed E-state index contributed by atoms with van der Waals surface area (Å²) in [6, 6.07) is 8.16. The maximum absolute atomic E-state index is 5.51. The first-order valence-electron chi connectivity index (χ1n) is 8.75. The van der Waals surface area contributed by atoms with Gasteiger partial charge in [-0.15, -0.1) is 0 Å². The lowest BCUT2D eigenvalue weighted by atomic mass is 9.95. The molecule has 2 aliphatic heterocycles. The van der Waals surface area contributed by atoms with E-state index >= 15 is 0 Å². The van der Waals surface area contributed by atoms with Gasteiger partial charge in [-0.1, -0.05) is 6.07 Å². The Bertz CT molecular complexity index is 944. The number of fused-ring (bicyclic) bond motifs is 2. The summed E-state index contributed by atoms with van der Waals surface area (Å²) in [4.78, 5) is 4.98. The number of hydrogen-bond acceptors (Lipinski definition) is 5. The van der Waals surface area contributed by atoms with Gasteiger partial charge in [0.15, 0.2) is 17.1 Å². The number of hydrogen-bond donors (Lipinski definition) is 1. The van der Waals surface area contributed by atoms with E-state index in [1.54, 1.807) is 0 Å². The van der Waals surface area contributed by atoms with Gasteiger partial charge in [-0.25, -0.2) is 9.50 Å². The average molecular weight is 336 g/mol. The zero-order valence-corrected chi connectivity index (χ0v) is 14.2. The third kappa shape index (κ3) is 2.44. The molecule has 2 aliphatic rings. The van der Waals surface area contributed by atoms with Crippen molar-refractivity contribution in [1.29, 1.82) is 0 Å². The average Bonchev–Trinajstić information content (AvgIpc) is 3.28. The summed E-state index contributed by atoms with van der Waals surface area (Å²) in [5, 5.41) is 8.02. The molecular formula is C19H20N4O2. The number of aromatic nitrogens is 3. The standard InChI is InChI=1S/C19H20N4O2/c1-12-7-16(14-3-2-6-20-9-14)22-19-15(10-21-23(12)19)13-4-5-17-18(8-13)25-11-24-17/h4-5,7-8,10,14,20H,2-3,6,9,11H2,1H3. The van der Waals surface area contributed by atoms with E-state index in [1.807, 2.05) is 28.9 Å². The molecule has 0 radical (unpaired) electrons. The maximum atomic E-state index is 5.51. The van der Waals surface area contributed by atoms with Gasteiger partial charge < -0.3 is 14.8 Å². The summed E-state index contributed by atoms with van der Waals surface area (Å²) in [6.07, 6.45) is 4.27. The molecule has 3 aromatic rings. The Morgan fingerprint density at radius 2 is 2.12 bits per heavy atom. The zero-order chi connectivity index (χ0) is 16.8. The van der Waals surface area contributed by atoms with Crippen LogP contribution in [0.15, 0.2) is 30.5 Å². The topological polar surface area (TPSA) is 60.7 Å². The molecule has 128 valence electrons. The lowest BCUT2D eigenvalue weighted by Crippen LogP contribution is -2.29. The number of nitrogens with zero attached hydrogens (tertiary/aromatic N) is 3. The number of aryl methyl sites for hydroxylation is 1. The molecule has 0 spiro atoms.